The fourth-order valence-corrected chi connectivity index (χ4v) is 3.80. The molecule has 0 radical (unpaired) electrons. The molecule has 3 heteroatoms. The van der Waals surface area contributed by atoms with Crippen LogP contribution in [0.4, 0.5) is 0 Å². The maximum Gasteiger partial charge on any atom is 0.119 e. The third-order valence-electron chi connectivity index (χ3n) is 5.00. The second-order valence-corrected chi connectivity index (χ2v) is 6.44. The predicted octanol–water partition coefficient (Wildman–Crippen LogP) is 3.15. The average molecular weight is 288 g/mol. The lowest BCUT2D eigenvalue weighted by Crippen LogP contribution is -2.43. The molecule has 2 aliphatic rings. The van der Waals surface area contributed by atoms with Crippen molar-refractivity contribution in [1.82, 2.24) is 10.2 Å². The molecule has 1 atom stereocenters. The van der Waals surface area contributed by atoms with Crippen LogP contribution in [0, 0.1) is 0 Å². The molecule has 1 N–H and O–H groups in total. The number of piperidine rings is 1. The van der Waals surface area contributed by atoms with Gasteiger partial charge in [0, 0.05) is 12.1 Å². The molecule has 116 valence electrons. The number of hydrogen-bond donors (Lipinski definition) is 1. The van der Waals surface area contributed by atoms with Crippen LogP contribution in [0.1, 0.15) is 49.8 Å². The van der Waals surface area contributed by atoms with Crippen LogP contribution in [0.3, 0.4) is 0 Å². The lowest BCUT2D eigenvalue weighted by Gasteiger charge is -2.34. The third-order valence-corrected chi connectivity index (χ3v) is 5.00. The van der Waals surface area contributed by atoms with Gasteiger partial charge in [0.1, 0.15) is 5.75 Å². The number of nitrogens with zero attached hydrogens (tertiary/aromatic N) is 1. The summed E-state index contributed by atoms with van der Waals surface area (Å²) in [4.78, 5) is 2.60. The van der Waals surface area contributed by atoms with Crippen molar-refractivity contribution in [3.8, 4) is 5.75 Å². The Hall–Kier alpha value is -1.06. The molecule has 1 aromatic carbocycles. The standard InChI is InChI=1S/C18H28N2O/c1-3-10-20-11-8-15(9-12-20)19-18-7-5-14-4-6-16(21-2)13-17(14)18/h4,6,13,15,18-19H,3,5,7-12H2,1-2H3. The van der Waals surface area contributed by atoms with Gasteiger partial charge in [-0.05, 0) is 75.0 Å². The Bertz CT molecular complexity index is 466. The quantitative estimate of drug-likeness (QED) is 0.901. The number of benzene rings is 1. The van der Waals surface area contributed by atoms with Crippen LogP contribution >= 0.6 is 0 Å². The van der Waals surface area contributed by atoms with Gasteiger partial charge >= 0.3 is 0 Å². The first-order valence-electron chi connectivity index (χ1n) is 8.45. The summed E-state index contributed by atoms with van der Waals surface area (Å²) < 4.78 is 5.38. The Morgan fingerprint density at radius 1 is 1.24 bits per heavy atom. The molecule has 0 aromatic heterocycles. The molecule has 1 aromatic rings. The van der Waals surface area contributed by atoms with Gasteiger partial charge in [-0.15, -0.1) is 0 Å². The lowest BCUT2D eigenvalue weighted by molar-refractivity contribution is 0.191. The van der Waals surface area contributed by atoms with Gasteiger partial charge in [-0.2, -0.15) is 0 Å². The highest BCUT2D eigenvalue weighted by atomic mass is 16.5. The van der Waals surface area contributed by atoms with Crippen molar-refractivity contribution in [2.24, 2.45) is 0 Å². The van der Waals surface area contributed by atoms with Crippen molar-refractivity contribution in [3.63, 3.8) is 0 Å². The second-order valence-electron chi connectivity index (χ2n) is 6.44. The van der Waals surface area contributed by atoms with Crippen LogP contribution < -0.4 is 10.1 Å². The summed E-state index contributed by atoms with van der Waals surface area (Å²) in [7, 11) is 1.75. The monoisotopic (exact) mass is 288 g/mol. The highest BCUT2D eigenvalue weighted by molar-refractivity contribution is 5.40. The number of methoxy groups -OCH3 is 1. The van der Waals surface area contributed by atoms with Gasteiger partial charge in [-0.25, -0.2) is 0 Å². The minimum absolute atomic E-state index is 0.526. The van der Waals surface area contributed by atoms with Gasteiger partial charge in [0.05, 0.1) is 7.11 Å². The van der Waals surface area contributed by atoms with E-state index in [9.17, 15) is 0 Å². The largest absolute Gasteiger partial charge is 0.497 e. The van der Waals surface area contributed by atoms with Gasteiger partial charge in [-0.3, -0.25) is 0 Å². The summed E-state index contributed by atoms with van der Waals surface area (Å²) in [6.45, 7) is 6.04. The van der Waals surface area contributed by atoms with Crippen molar-refractivity contribution in [2.45, 2.75) is 51.1 Å². The third kappa shape index (κ3) is 3.41. The second kappa shape index (κ2) is 6.80. The lowest BCUT2D eigenvalue weighted by atomic mass is 10.0. The van der Waals surface area contributed by atoms with Gasteiger partial charge in [0.2, 0.25) is 0 Å². The van der Waals surface area contributed by atoms with E-state index < -0.39 is 0 Å². The molecule has 0 bridgehead atoms. The summed E-state index contributed by atoms with van der Waals surface area (Å²) in [5.41, 5.74) is 2.96. The highest BCUT2D eigenvalue weighted by Crippen LogP contribution is 2.34. The Kier molecular flexibility index (Phi) is 4.81. The Balaban J connectivity index is 1.58. The number of fused-ring (bicyclic) bond motifs is 1. The van der Waals surface area contributed by atoms with E-state index in [0.717, 1.165) is 5.75 Å². The van der Waals surface area contributed by atoms with Crippen LogP contribution in [0.2, 0.25) is 0 Å². The number of rotatable bonds is 5. The minimum atomic E-state index is 0.526. The fourth-order valence-electron chi connectivity index (χ4n) is 3.80. The van der Waals surface area contributed by atoms with E-state index in [4.69, 9.17) is 4.74 Å². The van der Waals surface area contributed by atoms with Gasteiger partial charge in [-0.1, -0.05) is 13.0 Å². The molecule has 0 spiro atoms. The van der Waals surface area contributed by atoms with Crippen LogP contribution in [0.15, 0.2) is 18.2 Å². The minimum Gasteiger partial charge on any atom is -0.497 e. The molecule has 1 saturated heterocycles. The zero-order chi connectivity index (χ0) is 14.7. The zero-order valence-corrected chi connectivity index (χ0v) is 13.4. The van der Waals surface area contributed by atoms with Gasteiger partial charge < -0.3 is 15.0 Å². The van der Waals surface area contributed by atoms with Crippen LogP contribution in [-0.2, 0) is 6.42 Å². The molecule has 3 nitrogen and oxygen atoms in total. The number of likely N-dealkylation sites (tertiary alicyclic amines) is 1. The van der Waals surface area contributed by atoms with Crippen molar-refractivity contribution in [3.05, 3.63) is 29.3 Å². The number of nitrogens with one attached hydrogen (secondary N) is 1. The van der Waals surface area contributed by atoms with E-state index in [0.29, 0.717) is 12.1 Å². The maximum atomic E-state index is 5.38. The first kappa shape index (κ1) is 14.9. The SMILES string of the molecule is CCCN1CCC(NC2CCc3ccc(OC)cc32)CC1. The maximum absolute atomic E-state index is 5.38. The molecule has 1 fully saturated rings. The van der Waals surface area contributed by atoms with Crippen molar-refractivity contribution >= 4 is 0 Å². The summed E-state index contributed by atoms with van der Waals surface area (Å²) in [6.07, 6.45) is 6.28. The summed E-state index contributed by atoms with van der Waals surface area (Å²) in [5.74, 6) is 0.986. The molecule has 1 heterocycles. The molecular weight excluding hydrogens is 260 g/mol. The molecule has 0 amide bonds. The zero-order valence-electron chi connectivity index (χ0n) is 13.4. The first-order chi connectivity index (χ1) is 10.3. The van der Waals surface area contributed by atoms with E-state index in [1.54, 1.807) is 7.11 Å². The molecule has 1 aliphatic heterocycles. The molecule has 1 unspecified atom stereocenters. The fraction of sp³-hybridized carbons (Fsp3) is 0.667. The number of ether oxygens (including phenoxy) is 1. The summed E-state index contributed by atoms with van der Waals surface area (Å²) >= 11 is 0. The predicted molar refractivity (Wildman–Crippen MR) is 86.9 cm³/mol. The molecule has 0 saturated carbocycles. The summed E-state index contributed by atoms with van der Waals surface area (Å²) in [5, 5.41) is 3.91. The van der Waals surface area contributed by atoms with E-state index in [-0.39, 0.29) is 0 Å². The van der Waals surface area contributed by atoms with Crippen LogP contribution in [0.5, 0.6) is 5.75 Å². The Morgan fingerprint density at radius 3 is 2.76 bits per heavy atom. The number of aryl methyl sites for hydroxylation is 1. The normalized spacial score (nSPS) is 23.2. The van der Waals surface area contributed by atoms with Crippen molar-refractivity contribution in [1.29, 1.82) is 0 Å². The Morgan fingerprint density at radius 2 is 2.05 bits per heavy atom. The topological polar surface area (TPSA) is 24.5 Å². The summed E-state index contributed by atoms with van der Waals surface area (Å²) in [6, 6.07) is 7.76. The van der Waals surface area contributed by atoms with Crippen LogP contribution in [-0.4, -0.2) is 37.7 Å². The molecule has 21 heavy (non-hydrogen) atoms. The number of hydrogen-bond acceptors (Lipinski definition) is 3. The molecular formula is C18H28N2O. The van der Waals surface area contributed by atoms with Gasteiger partial charge in [0.25, 0.3) is 0 Å². The van der Waals surface area contributed by atoms with Crippen molar-refractivity contribution < 1.29 is 4.74 Å². The molecule has 1 aliphatic carbocycles. The van der Waals surface area contributed by atoms with Crippen molar-refractivity contribution in [2.75, 3.05) is 26.7 Å². The van der Waals surface area contributed by atoms with E-state index in [2.05, 4.69) is 35.3 Å². The first-order valence-corrected chi connectivity index (χ1v) is 8.45. The highest BCUT2D eigenvalue weighted by Gasteiger charge is 2.27. The van der Waals surface area contributed by atoms with Gasteiger partial charge in [0.15, 0.2) is 0 Å². The average Bonchev–Trinajstić information content (AvgIpc) is 2.92. The van der Waals surface area contributed by atoms with Crippen LogP contribution in [0.25, 0.3) is 0 Å². The molecule has 3 rings (SSSR count). The van der Waals surface area contributed by atoms with E-state index in [1.165, 1.54) is 62.9 Å². The smallest absolute Gasteiger partial charge is 0.119 e. The van der Waals surface area contributed by atoms with E-state index >= 15 is 0 Å². The Labute approximate surface area is 128 Å². The van der Waals surface area contributed by atoms with E-state index in [1.807, 2.05) is 0 Å².